The average molecular weight is 257 g/mol. The molecule has 0 saturated heterocycles. The van der Waals surface area contributed by atoms with Gasteiger partial charge < -0.3 is 4.90 Å². The number of hydrogen-bond acceptors (Lipinski definition) is 2. The van der Waals surface area contributed by atoms with Crippen LogP contribution < -0.4 is 4.90 Å². The Hall–Kier alpha value is -0.570. The number of alkyl halides is 1. The first-order valence-corrected chi connectivity index (χ1v) is 5.92. The Bertz CT molecular complexity index is 310. The van der Waals surface area contributed by atoms with Gasteiger partial charge in [0, 0.05) is 24.6 Å². The topological polar surface area (TPSA) is 16.1 Å². The van der Waals surface area contributed by atoms with E-state index in [1.807, 2.05) is 6.20 Å². The van der Waals surface area contributed by atoms with Gasteiger partial charge in [0.05, 0.1) is 0 Å². The molecular formula is C11H17BrN2. The monoisotopic (exact) mass is 256 g/mol. The number of hydrogen-bond donors (Lipinski definition) is 0. The summed E-state index contributed by atoms with van der Waals surface area (Å²) in [6.07, 6.45) is 1.93. The van der Waals surface area contributed by atoms with Crippen LogP contribution in [0.4, 0.5) is 5.82 Å². The third-order valence-corrected chi connectivity index (χ3v) is 3.02. The van der Waals surface area contributed by atoms with Crippen molar-refractivity contribution in [3.05, 3.63) is 23.4 Å². The highest BCUT2D eigenvalue weighted by atomic mass is 79.9. The summed E-state index contributed by atoms with van der Waals surface area (Å²) in [6, 6.07) is 2.66. The van der Waals surface area contributed by atoms with Gasteiger partial charge in [0.25, 0.3) is 0 Å². The van der Waals surface area contributed by atoms with Crippen LogP contribution in [0.3, 0.4) is 0 Å². The quantitative estimate of drug-likeness (QED) is 0.773. The van der Waals surface area contributed by atoms with Crippen molar-refractivity contribution in [1.29, 1.82) is 0 Å². The van der Waals surface area contributed by atoms with E-state index in [9.17, 15) is 0 Å². The fourth-order valence-electron chi connectivity index (χ4n) is 1.31. The zero-order chi connectivity index (χ0) is 10.7. The van der Waals surface area contributed by atoms with Crippen LogP contribution >= 0.6 is 15.9 Å². The lowest BCUT2D eigenvalue weighted by Gasteiger charge is -2.24. The molecule has 0 aliphatic rings. The Balaban J connectivity index is 2.99. The minimum atomic E-state index is 0.482. The first-order chi connectivity index (χ1) is 6.56. The highest BCUT2D eigenvalue weighted by Gasteiger charge is 2.09. The molecule has 0 atom stereocenters. The summed E-state index contributed by atoms with van der Waals surface area (Å²) in [7, 11) is 2.08. The summed E-state index contributed by atoms with van der Waals surface area (Å²) in [5, 5.41) is 0.868. The van der Waals surface area contributed by atoms with Gasteiger partial charge >= 0.3 is 0 Å². The molecular weight excluding hydrogens is 240 g/mol. The average Bonchev–Trinajstić information content (AvgIpc) is 2.16. The van der Waals surface area contributed by atoms with E-state index in [0.29, 0.717) is 6.04 Å². The SMILES string of the molecule is Cc1cc(CBr)cnc1N(C)C(C)C. The molecule has 1 rings (SSSR count). The summed E-state index contributed by atoms with van der Waals surface area (Å²) >= 11 is 3.43. The first-order valence-electron chi connectivity index (χ1n) is 4.80. The molecule has 0 aromatic carbocycles. The Morgan fingerprint density at radius 1 is 1.50 bits per heavy atom. The zero-order valence-corrected chi connectivity index (χ0v) is 10.8. The van der Waals surface area contributed by atoms with Crippen LogP contribution in [0.25, 0.3) is 0 Å². The number of aromatic nitrogens is 1. The third-order valence-electron chi connectivity index (χ3n) is 2.37. The van der Waals surface area contributed by atoms with E-state index in [1.165, 1.54) is 11.1 Å². The fourth-order valence-corrected chi connectivity index (χ4v) is 1.62. The van der Waals surface area contributed by atoms with Crippen molar-refractivity contribution in [3.63, 3.8) is 0 Å². The van der Waals surface area contributed by atoms with Crippen molar-refractivity contribution in [2.75, 3.05) is 11.9 Å². The van der Waals surface area contributed by atoms with Crippen molar-refractivity contribution < 1.29 is 0 Å². The van der Waals surface area contributed by atoms with Gasteiger partial charge in [-0.1, -0.05) is 22.0 Å². The molecule has 1 aromatic heterocycles. The van der Waals surface area contributed by atoms with Crippen molar-refractivity contribution in [1.82, 2.24) is 4.98 Å². The lowest BCUT2D eigenvalue weighted by Crippen LogP contribution is -2.27. The second kappa shape index (κ2) is 4.78. The van der Waals surface area contributed by atoms with Gasteiger partial charge in [0.2, 0.25) is 0 Å². The third kappa shape index (κ3) is 2.47. The van der Waals surface area contributed by atoms with E-state index < -0.39 is 0 Å². The van der Waals surface area contributed by atoms with E-state index >= 15 is 0 Å². The number of anilines is 1. The minimum absolute atomic E-state index is 0.482. The van der Waals surface area contributed by atoms with Crippen LogP contribution in [0.5, 0.6) is 0 Å². The lowest BCUT2D eigenvalue weighted by molar-refractivity contribution is 0.740. The highest BCUT2D eigenvalue weighted by Crippen LogP contribution is 2.19. The molecule has 14 heavy (non-hydrogen) atoms. The fraction of sp³-hybridized carbons (Fsp3) is 0.545. The molecule has 0 N–H and O–H groups in total. The largest absolute Gasteiger partial charge is 0.357 e. The molecule has 0 saturated carbocycles. The molecule has 0 fully saturated rings. The molecule has 1 heterocycles. The second-order valence-electron chi connectivity index (χ2n) is 3.82. The van der Waals surface area contributed by atoms with Crippen LogP contribution in [-0.2, 0) is 5.33 Å². The van der Waals surface area contributed by atoms with Gasteiger partial charge in [-0.25, -0.2) is 4.98 Å². The summed E-state index contributed by atoms with van der Waals surface area (Å²) < 4.78 is 0. The molecule has 1 aromatic rings. The smallest absolute Gasteiger partial charge is 0.131 e. The van der Waals surface area contributed by atoms with Gasteiger partial charge in [-0.15, -0.1) is 0 Å². The molecule has 0 radical (unpaired) electrons. The summed E-state index contributed by atoms with van der Waals surface area (Å²) in [4.78, 5) is 6.65. The van der Waals surface area contributed by atoms with Gasteiger partial charge in [0.1, 0.15) is 5.82 Å². The van der Waals surface area contributed by atoms with Crippen LogP contribution in [0.1, 0.15) is 25.0 Å². The van der Waals surface area contributed by atoms with E-state index in [0.717, 1.165) is 11.1 Å². The van der Waals surface area contributed by atoms with Crippen LogP contribution in [-0.4, -0.2) is 18.1 Å². The molecule has 3 heteroatoms. The number of halogens is 1. The summed E-state index contributed by atoms with van der Waals surface area (Å²) in [5.74, 6) is 1.07. The normalized spacial score (nSPS) is 10.7. The molecule has 2 nitrogen and oxygen atoms in total. The molecule has 0 unspecified atom stereocenters. The predicted octanol–water partition coefficient (Wildman–Crippen LogP) is 3.13. The molecule has 0 spiro atoms. The van der Waals surface area contributed by atoms with Crippen LogP contribution in [0.2, 0.25) is 0 Å². The van der Waals surface area contributed by atoms with Crippen LogP contribution in [0.15, 0.2) is 12.3 Å². The van der Waals surface area contributed by atoms with Crippen molar-refractivity contribution in [2.45, 2.75) is 32.1 Å². The first kappa shape index (κ1) is 11.5. The summed E-state index contributed by atoms with van der Waals surface area (Å²) in [5.41, 5.74) is 2.46. The van der Waals surface area contributed by atoms with Gasteiger partial charge in [-0.05, 0) is 31.9 Å². The van der Waals surface area contributed by atoms with E-state index in [1.54, 1.807) is 0 Å². The Morgan fingerprint density at radius 2 is 2.14 bits per heavy atom. The highest BCUT2D eigenvalue weighted by molar-refractivity contribution is 9.08. The maximum Gasteiger partial charge on any atom is 0.131 e. The van der Waals surface area contributed by atoms with E-state index in [-0.39, 0.29) is 0 Å². The molecule has 78 valence electrons. The lowest BCUT2D eigenvalue weighted by atomic mass is 10.2. The van der Waals surface area contributed by atoms with E-state index in [2.05, 4.69) is 59.7 Å². The molecule has 0 amide bonds. The van der Waals surface area contributed by atoms with Crippen molar-refractivity contribution in [3.8, 4) is 0 Å². The Kier molecular flexibility index (Phi) is 3.93. The van der Waals surface area contributed by atoms with Crippen molar-refractivity contribution >= 4 is 21.7 Å². The number of rotatable bonds is 3. The maximum atomic E-state index is 4.47. The molecule has 0 aliphatic heterocycles. The Morgan fingerprint density at radius 3 is 2.57 bits per heavy atom. The second-order valence-corrected chi connectivity index (χ2v) is 4.38. The maximum absolute atomic E-state index is 4.47. The number of pyridine rings is 1. The zero-order valence-electron chi connectivity index (χ0n) is 9.21. The molecule has 0 aliphatic carbocycles. The van der Waals surface area contributed by atoms with Crippen molar-refractivity contribution in [2.24, 2.45) is 0 Å². The van der Waals surface area contributed by atoms with Gasteiger partial charge in [0.15, 0.2) is 0 Å². The summed E-state index contributed by atoms with van der Waals surface area (Å²) in [6.45, 7) is 6.44. The Labute approximate surface area is 94.5 Å². The predicted molar refractivity (Wildman–Crippen MR) is 65.1 cm³/mol. The van der Waals surface area contributed by atoms with Crippen LogP contribution in [0, 0.1) is 6.92 Å². The van der Waals surface area contributed by atoms with Gasteiger partial charge in [-0.3, -0.25) is 0 Å². The standard InChI is InChI=1S/C11H17BrN2/c1-8(2)14(4)11-9(3)5-10(6-12)7-13-11/h5,7-8H,6H2,1-4H3. The molecule has 0 bridgehead atoms. The van der Waals surface area contributed by atoms with E-state index in [4.69, 9.17) is 0 Å². The number of aryl methyl sites for hydroxylation is 1. The number of nitrogens with zero attached hydrogens (tertiary/aromatic N) is 2. The van der Waals surface area contributed by atoms with Gasteiger partial charge in [-0.2, -0.15) is 0 Å². The minimum Gasteiger partial charge on any atom is -0.357 e.